The van der Waals surface area contributed by atoms with Crippen LogP contribution in [0.5, 0.6) is 0 Å². The molecule has 2 bridgehead atoms. The van der Waals surface area contributed by atoms with Gasteiger partial charge in [-0.15, -0.1) is 24.0 Å². The standard InChI is InChI=1S/C15H26N4O2.HI/c1-16-15(19-12-9-11-6-7-13(12)21-11)17-8-2-3-14(20)18-10-4-5-10;/h10-13H,2-9H2,1H3,(H,18,20)(H2,16,17,19);1H. The van der Waals surface area contributed by atoms with Crippen LogP contribution in [0.1, 0.15) is 44.9 Å². The third-order valence-corrected chi connectivity index (χ3v) is 4.47. The van der Waals surface area contributed by atoms with Crippen molar-refractivity contribution in [3.63, 3.8) is 0 Å². The lowest BCUT2D eigenvalue weighted by Gasteiger charge is -2.22. The van der Waals surface area contributed by atoms with Gasteiger partial charge in [-0.25, -0.2) is 0 Å². The minimum atomic E-state index is 0. The van der Waals surface area contributed by atoms with Crippen LogP contribution < -0.4 is 16.0 Å². The zero-order chi connectivity index (χ0) is 14.7. The summed E-state index contributed by atoms with van der Waals surface area (Å²) in [7, 11) is 1.78. The molecular weight excluding hydrogens is 395 g/mol. The van der Waals surface area contributed by atoms with Gasteiger partial charge in [0.15, 0.2) is 5.96 Å². The zero-order valence-corrected chi connectivity index (χ0v) is 15.5. The molecule has 2 heterocycles. The number of hydrogen-bond donors (Lipinski definition) is 3. The molecule has 3 atom stereocenters. The van der Waals surface area contributed by atoms with Gasteiger partial charge in [0.05, 0.1) is 18.2 Å². The molecular formula is C15H27IN4O2. The van der Waals surface area contributed by atoms with Crippen molar-refractivity contribution in [2.45, 2.75) is 69.2 Å². The molecule has 3 rings (SSSR count). The maximum absolute atomic E-state index is 11.6. The Morgan fingerprint density at radius 3 is 2.64 bits per heavy atom. The Bertz CT molecular complexity index is 414. The van der Waals surface area contributed by atoms with Crippen LogP contribution in [0.3, 0.4) is 0 Å². The van der Waals surface area contributed by atoms with Crippen LogP contribution in [-0.4, -0.2) is 49.8 Å². The number of carbonyl (C=O) groups is 1. The number of carbonyl (C=O) groups excluding carboxylic acids is 1. The van der Waals surface area contributed by atoms with Gasteiger partial charge in [0, 0.05) is 26.1 Å². The van der Waals surface area contributed by atoms with E-state index in [2.05, 4.69) is 20.9 Å². The van der Waals surface area contributed by atoms with E-state index < -0.39 is 0 Å². The molecule has 6 nitrogen and oxygen atoms in total. The second kappa shape index (κ2) is 8.33. The minimum Gasteiger partial charge on any atom is -0.373 e. The van der Waals surface area contributed by atoms with E-state index in [-0.39, 0.29) is 29.9 Å². The number of halogens is 1. The van der Waals surface area contributed by atoms with Crippen LogP contribution in [-0.2, 0) is 9.53 Å². The first kappa shape index (κ1) is 17.8. The third kappa shape index (κ3) is 4.97. The average molecular weight is 422 g/mol. The van der Waals surface area contributed by atoms with E-state index in [4.69, 9.17) is 4.74 Å². The van der Waals surface area contributed by atoms with Crippen LogP contribution in [0.2, 0.25) is 0 Å². The Labute approximate surface area is 149 Å². The lowest BCUT2D eigenvalue weighted by molar-refractivity contribution is -0.121. The second-order valence-corrected chi connectivity index (χ2v) is 6.30. The second-order valence-electron chi connectivity index (χ2n) is 6.30. The monoisotopic (exact) mass is 422 g/mol. The normalized spacial score (nSPS) is 29.9. The van der Waals surface area contributed by atoms with Crippen LogP contribution in [0.15, 0.2) is 4.99 Å². The molecule has 1 aliphatic carbocycles. The minimum absolute atomic E-state index is 0. The van der Waals surface area contributed by atoms with E-state index in [0.717, 1.165) is 44.6 Å². The maximum Gasteiger partial charge on any atom is 0.220 e. The first-order chi connectivity index (χ1) is 10.2. The molecule has 2 saturated heterocycles. The van der Waals surface area contributed by atoms with Gasteiger partial charge in [-0.2, -0.15) is 0 Å². The molecule has 22 heavy (non-hydrogen) atoms. The van der Waals surface area contributed by atoms with Gasteiger partial charge in [-0.05, 0) is 38.5 Å². The Morgan fingerprint density at radius 1 is 1.23 bits per heavy atom. The van der Waals surface area contributed by atoms with E-state index in [1.54, 1.807) is 7.05 Å². The molecule has 1 saturated carbocycles. The molecule has 1 amide bonds. The number of nitrogens with zero attached hydrogens (tertiary/aromatic N) is 1. The highest BCUT2D eigenvalue weighted by atomic mass is 127. The molecule has 3 unspecified atom stereocenters. The summed E-state index contributed by atoms with van der Waals surface area (Å²) < 4.78 is 5.83. The Morgan fingerprint density at radius 2 is 2.05 bits per heavy atom. The lowest BCUT2D eigenvalue weighted by atomic mass is 9.96. The average Bonchev–Trinajstić information content (AvgIpc) is 3.04. The van der Waals surface area contributed by atoms with Gasteiger partial charge >= 0.3 is 0 Å². The highest BCUT2D eigenvalue weighted by molar-refractivity contribution is 14.0. The number of nitrogens with one attached hydrogen (secondary N) is 3. The van der Waals surface area contributed by atoms with Gasteiger partial charge in [0.1, 0.15) is 0 Å². The fourth-order valence-electron chi connectivity index (χ4n) is 3.14. The van der Waals surface area contributed by atoms with Crippen LogP contribution in [0.4, 0.5) is 0 Å². The van der Waals surface area contributed by atoms with E-state index in [9.17, 15) is 4.79 Å². The molecule has 2 aliphatic heterocycles. The number of aliphatic imine (C=N–C) groups is 1. The smallest absolute Gasteiger partial charge is 0.220 e. The summed E-state index contributed by atoms with van der Waals surface area (Å²) in [4.78, 5) is 15.8. The number of ether oxygens (including phenoxy) is 1. The predicted molar refractivity (Wildman–Crippen MR) is 96.6 cm³/mol. The maximum atomic E-state index is 11.6. The number of fused-ring (bicyclic) bond motifs is 2. The Balaban J connectivity index is 0.00000176. The van der Waals surface area contributed by atoms with Crippen LogP contribution in [0, 0.1) is 0 Å². The first-order valence-corrected chi connectivity index (χ1v) is 8.16. The van der Waals surface area contributed by atoms with E-state index in [0.29, 0.717) is 30.7 Å². The molecule has 126 valence electrons. The number of rotatable bonds is 6. The summed E-state index contributed by atoms with van der Waals surface area (Å²) in [5.41, 5.74) is 0. The fraction of sp³-hybridized carbons (Fsp3) is 0.867. The van der Waals surface area contributed by atoms with Gasteiger partial charge < -0.3 is 20.7 Å². The van der Waals surface area contributed by atoms with Crippen molar-refractivity contribution in [3.05, 3.63) is 0 Å². The van der Waals surface area contributed by atoms with Crippen molar-refractivity contribution in [1.29, 1.82) is 0 Å². The van der Waals surface area contributed by atoms with Crippen molar-refractivity contribution in [2.24, 2.45) is 4.99 Å². The first-order valence-electron chi connectivity index (χ1n) is 8.16. The van der Waals surface area contributed by atoms with Gasteiger partial charge in [-0.3, -0.25) is 9.79 Å². The summed E-state index contributed by atoms with van der Waals surface area (Å²) in [6.07, 6.45) is 7.91. The summed E-state index contributed by atoms with van der Waals surface area (Å²) >= 11 is 0. The predicted octanol–water partition coefficient (Wildman–Crippen LogP) is 1.15. The lowest BCUT2D eigenvalue weighted by Crippen LogP contribution is -2.47. The molecule has 3 N–H and O–H groups in total. The van der Waals surface area contributed by atoms with Gasteiger partial charge in [0.25, 0.3) is 0 Å². The van der Waals surface area contributed by atoms with Crippen molar-refractivity contribution in [1.82, 2.24) is 16.0 Å². The molecule has 3 aliphatic rings. The largest absolute Gasteiger partial charge is 0.373 e. The molecule has 0 aromatic carbocycles. The summed E-state index contributed by atoms with van der Waals surface area (Å²) in [5, 5.41) is 9.73. The number of hydrogen-bond acceptors (Lipinski definition) is 3. The number of guanidine groups is 1. The van der Waals surface area contributed by atoms with E-state index >= 15 is 0 Å². The molecule has 7 heteroatoms. The molecule has 0 aromatic rings. The summed E-state index contributed by atoms with van der Waals surface area (Å²) in [6, 6.07) is 0.839. The van der Waals surface area contributed by atoms with Crippen molar-refractivity contribution < 1.29 is 9.53 Å². The van der Waals surface area contributed by atoms with Gasteiger partial charge in [-0.1, -0.05) is 0 Å². The van der Waals surface area contributed by atoms with Crippen molar-refractivity contribution in [2.75, 3.05) is 13.6 Å². The quantitative estimate of drug-likeness (QED) is 0.260. The fourth-order valence-corrected chi connectivity index (χ4v) is 3.14. The van der Waals surface area contributed by atoms with Crippen LogP contribution in [0.25, 0.3) is 0 Å². The van der Waals surface area contributed by atoms with Crippen molar-refractivity contribution in [3.8, 4) is 0 Å². The third-order valence-electron chi connectivity index (χ3n) is 4.47. The zero-order valence-electron chi connectivity index (χ0n) is 13.1. The van der Waals surface area contributed by atoms with Crippen LogP contribution >= 0.6 is 24.0 Å². The van der Waals surface area contributed by atoms with Crippen molar-refractivity contribution >= 4 is 35.8 Å². The SMILES string of the molecule is CN=C(NCCCC(=O)NC1CC1)NC1CC2CCC1O2.I. The molecule has 0 aromatic heterocycles. The molecule has 3 fully saturated rings. The highest BCUT2D eigenvalue weighted by Gasteiger charge is 2.41. The molecule has 0 spiro atoms. The van der Waals surface area contributed by atoms with E-state index in [1.165, 1.54) is 6.42 Å². The Hall–Kier alpha value is -0.570. The van der Waals surface area contributed by atoms with E-state index in [1.807, 2.05) is 0 Å². The highest BCUT2D eigenvalue weighted by Crippen LogP contribution is 2.34. The Kier molecular flexibility index (Phi) is 6.73. The number of amides is 1. The topological polar surface area (TPSA) is 74.8 Å². The van der Waals surface area contributed by atoms with Gasteiger partial charge in [0.2, 0.25) is 5.91 Å². The summed E-state index contributed by atoms with van der Waals surface area (Å²) in [5.74, 6) is 0.988. The molecule has 0 radical (unpaired) electrons. The summed E-state index contributed by atoms with van der Waals surface area (Å²) in [6.45, 7) is 0.763.